The topological polar surface area (TPSA) is 55.8 Å². The van der Waals surface area contributed by atoms with E-state index in [9.17, 15) is 9.59 Å². The average molecular weight is 312 g/mol. The van der Waals surface area contributed by atoms with E-state index in [4.69, 9.17) is 21.1 Å². The zero-order valence-electron chi connectivity index (χ0n) is 12.0. The van der Waals surface area contributed by atoms with Gasteiger partial charge in [0.1, 0.15) is 11.8 Å². The summed E-state index contributed by atoms with van der Waals surface area (Å²) in [5, 5.41) is 0.604. The first kappa shape index (κ1) is 15.6. The van der Waals surface area contributed by atoms with Gasteiger partial charge in [-0.05, 0) is 44.0 Å². The van der Waals surface area contributed by atoms with Crippen LogP contribution in [0.2, 0.25) is 5.02 Å². The summed E-state index contributed by atoms with van der Waals surface area (Å²) in [7, 11) is 1.32. The van der Waals surface area contributed by atoms with Crippen LogP contribution in [0.4, 0.5) is 0 Å². The van der Waals surface area contributed by atoms with Gasteiger partial charge in [-0.25, -0.2) is 4.79 Å². The molecule has 0 aromatic heterocycles. The predicted molar refractivity (Wildman–Crippen MR) is 78.3 cm³/mol. The van der Waals surface area contributed by atoms with Crippen LogP contribution in [-0.4, -0.2) is 42.6 Å². The highest BCUT2D eigenvalue weighted by molar-refractivity contribution is 6.30. The highest BCUT2D eigenvalue weighted by Gasteiger charge is 2.38. The fraction of sp³-hybridized carbons (Fsp3) is 0.467. The van der Waals surface area contributed by atoms with E-state index in [-0.39, 0.29) is 18.6 Å². The quantitative estimate of drug-likeness (QED) is 0.756. The molecule has 1 saturated carbocycles. The van der Waals surface area contributed by atoms with E-state index < -0.39 is 12.0 Å². The van der Waals surface area contributed by atoms with Gasteiger partial charge < -0.3 is 14.4 Å². The fourth-order valence-electron chi connectivity index (χ4n) is 2.12. The van der Waals surface area contributed by atoms with E-state index in [1.54, 1.807) is 36.1 Å². The predicted octanol–water partition coefficient (Wildman–Crippen LogP) is 2.27. The Morgan fingerprint density at radius 1 is 1.33 bits per heavy atom. The molecule has 6 heteroatoms. The Balaban J connectivity index is 1.96. The van der Waals surface area contributed by atoms with Gasteiger partial charge in [0.15, 0.2) is 6.61 Å². The van der Waals surface area contributed by atoms with Crippen LogP contribution in [0.5, 0.6) is 5.75 Å². The van der Waals surface area contributed by atoms with Crippen molar-refractivity contribution in [1.82, 2.24) is 4.90 Å². The smallest absolute Gasteiger partial charge is 0.328 e. The molecular formula is C15H18ClNO4. The molecule has 21 heavy (non-hydrogen) atoms. The van der Waals surface area contributed by atoms with E-state index >= 15 is 0 Å². The Labute approximate surface area is 128 Å². The molecule has 1 aliphatic rings. The van der Waals surface area contributed by atoms with Crippen LogP contribution in [-0.2, 0) is 14.3 Å². The summed E-state index contributed by atoms with van der Waals surface area (Å²) in [6.07, 6.45) is 1.82. The third-order valence-corrected chi connectivity index (χ3v) is 3.62. The van der Waals surface area contributed by atoms with E-state index in [0.29, 0.717) is 10.8 Å². The maximum Gasteiger partial charge on any atom is 0.328 e. The number of carbonyl (C=O) groups is 2. The van der Waals surface area contributed by atoms with Crippen molar-refractivity contribution in [3.05, 3.63) is 29.3 Å². The van der Waals surface area contributed by atoms with Gasteiger partial charge in [-0.3, -0.25) is 4.79 Å². The summed E-state index contributed by atoms with van der Waals surface area (Å²) in [5.41, 5.74) is 0. The SMILES string of the molecule is COC(=O)C(C)N(C(=O)COc1ccc(Cl)cc1)C1CC1. The van der Waals surface area contributed by atoms with Crippen molar-refractivity contribution in [2.45, 2.75) is 31.8 Å². The number of carbonyl (C=O) groups excluding carboxylic acids is 2. The van der Waals surface area contributed by atoms with Crippen molar-refractivity contribution >= 4 is 23.5 Å². The summed E-state index contributed by atoms with van der Waals surface area (Å²) in [4.78, 5) is 25.5. The molecule has 1 amide bonds. The van der Waals surface area contributed by atoms with E-state index in [1.165, 1.54) is 7.11 Å². The summed E-state index contributed by atoms with van der Waals surface area (Å²) < 4.78 is 10.2. The highest BCUT2D eigenvalue weighted by atomic mass is 35.5. The fourth-order valence-corrected chi connectivity index (χ4v) is 2.25. The first-order valence-electron chi connectivity index (χ1n) is 6.80. The molecule has 0 aliphatic heterocycles. The largest absolute Gasteiger partial charge is 0.484 e. The van der Waals surface area contributed by atoms with E-state index in [0.717, 1.165) is 12.8 Å². The molecule has 1 atom stereocenters. The maximum atomic E-state index is 12.3. The van der Waals surface area contributed by atoms with Gasteiger partial charge in [-0.15, -0.1) is 0 Å². The molecule has 0 saturated heterocycles. The minimum atomic E-state index is -0.594. The number of methoxy groups -OCH3 is 1. The normalized spacial score (nSPS) is 15.2. The van der Waals surface area contributed by atoms with Crippen LogP contribution in [0, 0.1) is 0 Å². The van der Waals surface area contributed by atoms with Crippen LogP contribution in [0.25, 0.3) is 0 Å². The summed E-state index contributed by atoms with van der Waals surface area (Å²) in [6, 6.07) is 6.29. The van der Waals surface area contributed by atoms with Crippen LogP contribution < -0.4 is 4.74 Å². The van der Waals surface area contributed by atoms with Gasteiger partial charge >= 0.3 is 5.97 Å². The number of rotatable bonds is 6. The molecule has 0 N–H and O–H groups in total. The van der Waals surface area contributed by atoms with Crippen LogP contribution in [0.1, 0.15) is 19.8 Å². The Bertz CT molecular complexity index is 513. The van der Waals surface area contributed by atoms with Gasteiger partial charge in [-0.1, -0.05) is 11.6 Å². The number of benzene rings is 1. The third kappa shape index (κ3) is 4.11. The molecule has 1 fully saturated rings. The Kier molecular flexibility index (Phi) is 5.07. The molecule has 0 heterocycles. The number of hydrogen-bond acceptors (Lipinski definition) is 4. The second-order valence-electron chi connectivity index (χ2n) is 4.97. The lowest BCUT2D eigenvalue weighted by atomic mass is 10.2. The molecule has 0 bridgehead atoms. The molecule has 1 unspecified atom stereocenters. The van der Waals surface area contributed by atoms with Crippen LogP contribution in [0.15, 0.2) is 24.3 Å². The minimum absolute atomic E-state index is 0.111. The molecule has 0 spiro atoms. The minimum Gasteiger partial charge on any atom is -0.484 e. The molecular weight excluding hydrogens is 294 g/mol. The number of hydrogen-bond donors (Lipinski definition) is 0. The number of nitrogens with zero attached hydrogens (tertiary/aromatic N) is 1. The molecule has 1 aromatic carbocycles. The summed E-state index contributed by atoms with van der Waals surface area (Å²) >= 11 is 5.78. The second-order valence-corrected chi connectivity index (χ2v) is 5.41. The van der Waals surface area contributed by atoms with Crippen molar-refractivity contribution in [3.63, 3.8) is 0 Å². The first-order chi connectivity index (χ1) is 10.0. The van der Waals surface area contributed by atoms with Gasteiger partial charge in [-0.2, -0.15) is 0 Å². The Morgan fingerprint density at radius 3 is 2.48 bits per heavy atom. The molecule has 1 aromatic rings. The molecule has 114 valence electrons. The number of halogens is 1. The van der Waals surface area contributed by atoms with Crippen molar-refractivity contribution in [2.75, 3.05) is 13.7 Å². The molecule has 5 nitrogen and oxygen atoms in total. The zero-order valence-corrected chi connectivity index (χ0v) is 12.8. The van der Waals surface area contributed by atoms with Gasteiger partial charge in [0, 0.05) is 11.1 Å². The lowest BCUT2D eigenvalue weighted by Gasteiger charge is -2.27. The van der Waals surface area contributed by atoms with Gasteiger partial charge in [0.2, 0.25) is 0 Å². The molecule has 0 radical (unpaired) electrons. The lowest BCUT2D eigenvalue weighted by molar-refractivity contribution is -0.153. The average Bonchev–Trinajstić information content (AvgIpc) is 3.30. The number of amides is 1. The van der Waals surface area contributed by atoms with Crippen LogP contribution in [0.3, 0.4) is 0 Å². The van der Waals surface area contributed by atoms with Crippen molar-refractivity contribution < 1.29 is 19.1 Å². The van der Waals surface area contributed by atoms with Crippen molar-refractivity contribution in [1.29, 1.82) is 0 Å². The van der Waals surface area contributed by atoms with Gasteiger partial charge in [0.05, 0.1) is 7.11 Å². The maximum absolute atomic E-state index is 12.3. The lowest BCUT2D eigenvalue weighted by Crippen LogP contribution is -2.47. The first-order valence-corrected chi connectivity index (χ1v) is 7.18. The second kappa shape index (κ2) is 6.80. The monoisotopic (exact) mass is 311 g/mol. The Hall–Kier alpha value is -1.75. The highest BCUT2D eigenvalue weighted by Crippen LogP contribution is 2.29. The number of esters is 1. The van der Waals surface area contributed by atoms with Gasteiger partial charge in [0.25, 0.3) is 5.91 Å². The van der Waals surface area contributed by atoms with Crippen molar-refractivity contribution in [3.8, 4) is 5.75 Å². The van der Waals surface area contributed by atoms with Crippen molar-refractivity contribution in [2.24, 2.45) is 0 Å². The number of ether oxygens (including phenoxy) is 2. The van der Waals surface area contributed by atoms with E-state index in [2.05, 4.69) is 0 Å². The molecule has 1 aliphatic carbocycles. The Morgan fingerprint density at radius 2 is 1.95 bits per heavy atom. The third-order valence-electron chi connectivity index (χ3n) is 3.36. The van der Waals surface area contributed by atoms with E-state index in [1.807, 2.05) is 0 Å². The van der Waals surface area contributed by atoms with Crippen LogP contribution >= 0.6 is 11.6 Å². The summed E-state index contributed by atoms with van der Waals surface area (Å²) in [5.74, 6) is -0.0682. The molecule has 2 rings (SSSR count). The summed E-state index contributed by atoms with van der Waals surface area (Å²) in [6.45, 7) is 1.56. The zero-order chi connectivity index (χ0) is 15.4. The standard InChI is InChI=1S/C15H18ClNO4/c1-10(15(19)20-2)17(12-5-6-12)14(18)9-21-13-7-3-11(16)4-8-13/h3-4,7-8,10,12H,5-6,9H2,1-2H3.